The molecule has 0 aliphatic carbocycles. The highest BCUT2D eigenvalue weighted by Crippen LogP contribution is 2.59. The van der Waals surface area contributed by atoms with Crippen molar-refractivity contribution in [2.75, 3.05) is 5.32 Å². The first-order chi connectivity index (χ1) is 21.2. The third-order valence-electron chi connectivity index (χ3n) is 9.30. The normalized spacial score (nSPS) is 23.5. The average Bonchev–Trinajstić information content (AvgIpc) is 3.80. The van der Waals surface area contributed by atoms with Gasteiger partial charge in [0.15, 0.2) is 29.8 Å². The molecule has 4 atom stereocenters. The zero-order chi connectivity index (χ0) is 30.8. The number of anilines is 1. The lowest BCUT2D eigenvalue weighted by Gasteiger charge is -2.30. The molecule has 3 aliphatic rings. The van der Waals surface area contributed by atoms with Crippen LogP contribution in [0, 0.1) is 5.92 Å². The second-order valence-corrected chi connectivity index (χ2v) is 12.1. The van der Waals surface area contributed by atoms with Gasteiger partial charge < -0.3 is 34.6 Å². The molecule has 4 N–H and O–H groups in total. The van der Waals surface area contributed by atoms with Gasteiger partial charge in [-0.2, -0.15) is 0 Å². The minimum Gasteiger partial charge on any atom is -0.469 e. The number of hydrogen-bond acceptors (Lipinski definition) is 9. The van der Waals surface area contributed by atoms with E-state index in [4.69, 9.17) is 18.6 Å². The minimum absolute atomic E-state index is 0.133. The number of amides is 2. The number of carbonyl (C=O) groups is 2. The molecular weight excluding hydrogens is 562 g/mol. The first-order valence-corrected chi connectivity index (χ1v) is 15.1. The van der Waals surface area contributed by atoms with Gasteiger partial charge in [0.2, 0.25) is 11.8 Å². The highest BCUT2D eigenvalue weighted by atomic mass is 16.5. The van der Waals surface area contributed by atoms with E-state index in [1.165, 1.54) is 6.39 Å². The van der Waals surface area contributed by atoms with Gasteiger partial charge in [-0.15, -0.1) is 0 Å². The Hall–Kier alpha value is -4.64. The summed E-state index contributed by atoms with van der Waals surface area (Å²) in [5, 5.41) is 20.4. The Balaban J connectivity index is 1.47. The molecule has 4 bridgehead atoms. The van der Waals surface area contributed by atoms with Crippen LogP contribution in [-0.4, -0.2) is 44.8 Å². The molecule has 1 spiro atoms. The summed E-state index contributed by atoms with van der Waals surface area (Å²) in [5.41, 5.74) is 1.41. The van der Waals surface area contributed by atoms with Crippen molar-refractivity contribution in [3.8, 4) is 17.2 Å². The van der Waals surface area contributed by atoms with Gasteiger partial charge in [0.1, 0.15) is 28.8 Å². The number of nitrogens with zero attached hydrogens (tertiary/aromatic N) is 2. The number of rotatable bonds is 6. The molecule has 0 saturated heterocycles. The molecule has 2 aromatic heterocycles. The molecule has 0 radical (unpaired) electrons. The number of fused-ring (bicyclic) bond motifs is 4. The number of oxazole rings is 2. The molecule has 0 saturated carbocycles. The quantitative estimate of drug-likeness (QED) is 0.256. The molecule has 2 amide bonds. The molecule has 5 heterocycles. The van der Waals surface area contributed by atoms with Crippen LogP contribution in [0.1, 0.15) is 74.9 Å². The van der Waals surface area contributed by atoms with Crippen molar-refractivity contribution < 1.29 is 28.3 Å². The number of ether oxygens (including phenoxy) is 1. The van der Waals surface area contributed by atoms with Crippen molar-refractivity contribution in [2.24, 2.45) is 5.92 Å². The van der Waals surface area contributed by atoms with Crippen LogP contribution in [0.25, 0.3) is 11.5 Å². The van der Waals surface area contributed by atoms with E-state index in [0.29, 0.717) is 28.9 Å². The van der Waals surface area contributed by atoms with Crippen LogP contribution in [0.2, 0.25) is 0 Å². The highest BCUT2D eigenvalue weighted by Gasteiger charge is 2.61. The van der Waals surface area contributed by atoms with Crippen molar-refractivity contribution in [2.45, 2.75) is 76.3 Å². The fourth-order valence-electron chi connectivity index (χ4n) is 6.67. The second kappa shape index (κ2) is 10.2. The van der Waals surface area contributed by atoms with Crippen LogP contribution in [-0.2, 0) is 21.4 Å². The molecule has 3 unspecified atom stereocenters. The summed E-state index contributed by atoms with van der Waals surface area (Å²) in [6.07, 6.45) is 3.01. The smallest absolute Gasteiger partial charge is 0.252 e. The number of nitrogens with one attached hydrogen (secondary N) is 3. The van der Waals surface area contributed by atoms with E-state index in [1.807, 2.05) is 56.3 Å². The highest BCUT2D eigenvalue weighted by molar-refractivity contribution is 5.91. The monoisotopic (exact) mass is 597 g/mol. The summed E-state index contributed by atoms with van der Waals surface area (Å²) in [7, 11) is 0. The number of aromatic nitrogens is 2. The van der Waals surface area contributed by atoms with E-state index < -0.39 is 41.1 Å². The van der Waals surface area contributed by atoms with E-state index in [-0.39, 0.29) is 25.2 Å². The van der Waals surface area contributed by atoms with E-state index in [1.54, 1.807) is 20.0 Å². The molecule has 228 valence electrons. The molecule has 11 nitrogen and oxygen atoms in total. The number of carbonyl (C=O) groups excluding carboxylic acids is 2. The Morgan fingerprint density at radius 1 is 1.16 bits per heavy atom. The average molecular weight is 598 g/mol. The van der Waals surface area contributed by atoms with Gasteiger partial charge in [0, 0.05) is 17.7 Å². The largest absolute Gasteiger partial charge is 0.469 e. The fourth-order valence-corrected chi connectivity index (χ4v) is 6.67. The summed E-state index contributed by atoms with van der Waals surface area (Å²) in [5.74, 6) is 0.763. The SMILES string of the molecule is CCC(O)(CC)C(=O)NC1Cc2ccc3c(c2)C2(c4ccccc4NC2O3)c2oc(nc2-c2cnco2)[C@H](C(C)C)NC1=O. The van der Waals surface area contributed by atoms with Gasteiger partial charge in [0.25, 0.3) is 5.91 Å². The van der Waals surface area contributed by atoms with E-state index in [9.17, 15) is 14.7 Å². The van der Waals surface area contributed by atoms with Crippen molar-refractivity contribution in [3.63, 3.8) is 0 Å². The molecule has 3 aliphatic heterocycles. The Kier molecular flexibility index (Phi) is 6.54. The molecule has 4 aromatic rings. The van der Waals surface area contributed by atoms with Gasteiger partial charge >= 0.3 is 0 Å². The maximum Gasteiger partial charge on any atom is 0.252 e. The third kappa shape index (κ3) is 4.06. The van der Waals surface area contributed by atoms with Crippen LogP contribution in [0.3, 0.4) is 0 Å². The van der Waals surface area contributed by atoms with Crippen LogP contribution in [0.5, 0.6) is 5.75 Å². The van der Waals surface area contributed by atoms with E-state index >= 15 is 0 Å². The van der Waals surface area contributed by atoms with Crippen LogP contribution in [0.15, 0.2) is 63.9 Å². The minimum atomic E-state index is -1.59. The Labute approximate surface area is 254 Å². The Bertz CT molecular complexity index is 1740. The number of para-hydroxylation sites is 1. The van der Waals surface area contributed by atoms with Gasteiger partial charge in [-0.25, -0.2) is 9.97 Å². The standard InChI is InChI=1S/C33H35N5O6/c1-5-32(41,6-2)30(40)35-22-14-18-11-12-23-20(13-18)33(19-9-7-8-10-21(19)36-31(33)43-23)27-26(24-15-34-16-42-24)38-29(44-27)25(17(3)4)37-28(22)39/h7-13,15-17,22,25,31,36,41H,5-6,14H2,1-4H3,(H,35,40)(H,37,39)/t22?,25-,31?,33?/m0/s1. The third-order valence-corrected chi connectivity index (χ3v) is 9.30. The van der Waals surface area contributed by atoms with Crippen LogP contribution < -0.4 is 20.7 Å². The topological polar surface area (TPSA) is 152 Å². The number of hydrogen-bond donors (Lipinski definition) is 4. The zero-order valence-electron chi connectivity index (χ0n) is 25.0. The number of benzene rings is 2. The van der Waals surface area contributed by atoms with Crippen molar-refractivity contribution >= 4 is 17.5 Å². The maximum atomic E-state index is 14.0. The first kappa shape index (κ1) is 28.1. The summed E-state index contributed by atoms with van der Waals surface area (Å²) < 4.78 is 19.1. The lowest BCUT2D eigenvalue weighted by molar-refractivity contribution is -0.143. The fraction of sp³-hybridized carbons (Fsp3) is 0.394. The van der Waals surface area contributed by atoms with Crippen molar-refractivity contribution in [1.82, 2.24) is 20.6 Å². The predicted octanol–water partition coefficient (Wildman–Crippen LogP) is 4.21. The zero-order valence-corrected chi connectivity index (χ0v) is 25.0. The molecule has 0 fully saturated rings. The molecule has 7 rings (SSSR count). The van der Waals surface area contributed by atoms with Gasteiger partial charge in [-0.1, -0.05) is 58.0 Å². The second-order valence-electron chi connectivity index (χ2n) is 12.1. The first-order valence-electron chi connectivity index (χ1n) is 15.1. The summed E-state index contributed by atoms with van der Waals surface area (Å²) in [4.78, 5) is 36.4. The Morgan fingerprint density at radius 2 is 1.95 bits per heavy atom. The Morgan fingerprint density at radius 3 is 2.68 bits per heavy atom. The summed E-state index contributed by atoms with van der Waals surface area (Å²) in [6.45, 7) is 7.41. The van der Waals surface area contributed by atoms with Gasteiger partial charge in [-0.3, -0.25) is 9.59 Å². The van der Waals surface area contributed by atoms with Crippen LogP contribution >= 0.6 is 0 Å². The lowest BCUT2D eigenvalue weighted by Crippen LogP contribution is -2.55. The van der Waals surface area contributed by atoms with Gasteiger partial charge in [-0.05, 0) is 42.0 Å². The van der Waals surface area contributed by atoms with Crippen molar-refractivity contribution in [1.29, 1.82) is 0 Å². The summed E-state index contributed by atoms with van der Waals surface area (Å²) in [6, 6.07) is 12.2. The predicted molar refractivity (Wildman–Crippen MR) is 160 cm³/mol. The molecule has 44 heavy (non-hydrogen) atoms. The maximum absolute atomic E-state index is 14.0. The van der Waals surface area contributed by atoms with E-state index in [0.717, 1.165) is 22.4 Å². The summed E-state index contributed by atoms with van der Waals surface area (Å²) >= 11 is 0. The number of aliphatic hydroxyl groups is 1. The van der Waals surface area contributed by atoms with Crippen molar-refractivity contribution in [3.05, 3.63) is 83.4 Å². The molecule has 2 aromatic carbocycles. The molecular formula is C33H35N5O6. The van der Waals surface area contributed by atoms with Gasteiger partial charge in [0.05, 0.1) is 6.20 Å². The lowest BCUT2D eigenvalue weighted by atomic mass is 9.72. The van der Waals surface area contributed by atoms with Crippen LogP contribution in [0.4, 0.5) is 5.69 Å². The van der Waals surface area contributed by atoms with E-state index in [2.05, 4.69) is 20.9 Å². The molecule has 11 heteroatoms.